The molecule has 1 heterocycles. The second-order valence-electron chi connectivity index (χ2n) is 5.07. The minimum atomic E-state index is 0.701. The Hall–Kier alpha value is -2.55. The van der Waals surface area contributed by atoms with E-state index in [4.69, 9.17) is 10.8 Å². The number of rotatable bonds is 4. The second-order valence-corrected chi connectivity index (χ2v) is 5.07. The first kappa shape index (κ1) is 13.4. The standard InChI is InChI=1S/C18H19N3/c1-2-16-17(15-11-7-4-8-12-15)18(19)21(20-16)13-14-9-5-3-6-10-14/h3-12H,2,13,19H2,1H3. The molecular formula is C18H19N3. The lowest BCUT2D eigenvalue weighted by Crippen LogP contribution is -2.06. The van der Waals surface area contributed by atoms with E-state index in [-0.39, 0.29) is 0 Å². The molecule has 0 radical (unpaired) electrons. The Morgan fingerprint density at radius 1 is 0.952 bits per heavy atom. The van der Waals surface area contributed by atoms with Gasteiger partial charge in [0.2, 0.25) is 0 Å². The number of anilines is 1. The van der Waals surface area contributed by atoms with E-state index in [9.17, 15) is 0 Å². The Bertz CT molecular complexity index is 715. The highest BCUT2D eigenvalue weighted by Gasteiger charge is 2.15. The molecule has 0 aliphatic carbocycles. The summed E-state index contributed by atoms with van der Waals surface area (Å²) >= 11 is 0. The smallest absolute Gasteiger partial charge is 0.130 e. The summed E-state index contributed by atoms with van der Waals surface area (Å²) in [4.78, 5) is 0. The van der Waals surface area contributed by atoms with Gasteiger partial charge in [-0.1, -0.05) is 67.6 Å². The number of nitrogens with two attached hydrogens (primary N) is 1. The highest BCUT2D eigenvalue weighted by Crippen LogP contribution is 2.30. The monoisotopic (exact) mass is 277 g/mol. The SMILES string of the molecule is CCc1nn(Cc2ccccc2)c(N)c1-c1ccccc1. The lowest BCUT2D eigenvalue weighted by Gasteiger charge is -2.05. The number of benzene rings is 2. The molecule has 0 fully saturated rings. The van der Waals surface area contributed by atoms with Crippen LogP contribution >= 0.6 is 0 Å². The van der Waals surface area contributed by atoms with Crippen LogP contribution in [0.15, 0.2) is 60.7 Å². The van der Waals surface area contributed by atoms with E-state index in [2.05, 4.69) is 31.2 Å². The van der Waals surface area contributed by atoms with Crippen molar-refractivity contribution in [2.45, 2.75) is 19.9 Å². The largest absolute Gasteiger partial charge is 0.383 e. The maximum atomic E-state index is 6.36. The molecule has 2 aromatic carbocycles. The molecule has 3 rings (SSSR count). The van der Waals surface area contributed by atoms with Gasteiger partial charge in [0.15, 0.2) is 0 Å². The minimum Gasteiger partial charge on any atom is -0.383 e. The van der Waals surface area contributed by atoms with Gasteiger partial charge in [0.1, 0.15) is 5.82 Å². The van der Waals surface area contributed by atoms with Crippen LogP contribution in [0.25, 0.3) is 11.1 Å². The van der Waals surface area contributed by atoms with Gasteiger partial charge in [-0.25, -0.2) is 4.68 Å². The van der Waals surface area contributed by atoms with Gasteiger partial charge in [-0.15, -0.1) is 0 Å². The van der Waals surface area contributed by atoms with Gasteiger partial charge in [0.05, 0.1) is 12.2 Å². The normalized spacial score (nSPS) is 10.7. The quantitative estimate of drug-likeness (QED) is 0.789. The number of aromatic nitrogens is 2. The molecule has 0 bridgehead atoms. The molecule has 0 amide bonds. The van der Waals surface area contributed by atoms with Crippen LogP contribution in [0.1, 0.15) is 18.2 Å². The van der Waals surface area contributed by atoms with Gasteiger partial charge < -0.3 is 5.73 Å². The second kappa shape index (κ2) is 5.83. The maximum Gasteiger partial charge on any atom is 0.130 e. The van der Waals surface area contributed by atoms with Crippen molar-refractivity contribution in [3.63, 3.8) is 0 Å². The molecule has 0 saturated heterocycles. The predicted octanol–water partition coefficient (Wildman–Crippen LogP) is 3.74. The first-order valence-electron chi connectivity index (χ1n) is 7.24. The molecular weight excluding hydrogens is 258 g/mol. The number of hydrogen-bond acceptors (Lipinski definition) is 2. The number of nitrogen functional groups attached to an aromatic ring is 1. The van der Waals surface area contributed by atoms with Crippen molar-refractivity contribution in [3.8, 4) is 11.1 Å². The number of nitrogens with zero attached hydrogens (tertiary/aromatic N) is 2. The van der Waals surface area contributed by atoms with E-state index >= 15 is 0 Å². The van der Waals surface area contributed by atoms with Gasteiger partial charge in [-0.3, -0.25) is 0 Å². The van der Waals surface area contributed by atoms with Gasteiger partial charge in [0, 0.05) is 5.56 Å². The molecule has 0 unspecified atom stereocenters. The molecule has 3 nitrogen and oxygen atoms in total. The lowest BCUT2D eigenvalue weighted by atomic mass is 10.0. The van der Waals surface area contributed by atoms with Crippen LogP contribution in [0.4, 0.5) is 5.82 Å². The van der Waals surface area contributed by atoms with Crippen LogP contribution in [0.2, 0.25) is 0 Å². The fourth-order valence-electron chi connectivity index (χ4n) is 2.57. The fraction of sp³-hybridized carbons (Fsp3) is 0.167. The summed E-state index contributed by atoms with van der Waals surface area (Å²) in [7, 11) is 0. The van der Waals surface area contributed by atoms with Crippen LogP contribution in [0, 0.1) is 0 Å². The average molecular weight is 277 g/mol. The predicted molar refractivity (Wildman–Crippen MR) is 87.0 cm³/mol. The summed E-state index contributed by atoms with van der Waals surface area (Å²) in [5, 5.41) is 4.69. The van der Waals surface area contributed by atoms with Gasteiger partial charge in [-0.2, -0.15) is 5.10 Å². The lowest BCUT2D eigenvalue weighted by molar-refractivity contribution is 0.683. The van der Waals surface area contributed by atoms with E-state index in [1.165, 1.54) is 5.56 Å². The van der Waals surface area contributed by atoms with Crippen molar-refractivity contribution in [1.82, 2.24) is 9.78 Å². The Morgan fingerprint density at radius 2 is 1.57 bits per heavy atom. The van der Waals surface area contributed by atoms with Crippen LogP contribution < -0.4 is 5.73 Å². The summed E-state index contributed by atoms with van der Waals surface area (Å²) in [6.45, 7) is 2.81. The molecule has 0 atom stereocenters. The van der Waals surface area contributed by atoms with Crippen LogP contribution in [-0.4, -0.2) is 9.78 Å². The third-order valence-electron chi connectivity index (χ3n) is 3.64. The summed E-state index contributed by atoms with van der Waals surface area (Å²) in [6, 6.07) is 20.5. The fourth-order valence-corrected chi connectivity index (χ4v) is 2.57. The van der Waals surface area contributed by atoms with Crippen molar-refractivity contribution >= 4 is 5.82 Å². The molecule has 21 heavy (non-hydrogen) atoms. The van der Waals surface area contributed by atoms with Crippen molar-refractivity contribution in [3.05, 3.63) is 71.9 Å². The first-order valence-corrected chi connectivity index (χ1v) is 7.24. The van der Waals surface area contributed by atoms with Gasteiger partial charge >= 0.3 is 0 Å². The average Bonchev–Trinajstić information content (AvgIpc) is 2.85. The third kappa shape index (κ3) is 2.68. The summed E-state index contributed by atoms with van der Waals surface area (Å²) in [5.41, 5.74) is 10.8. The third-order valence-corrected chi connectivity index (χ3v) is 3.64. The minimum absolute atomic E-state index is 0.701. The number of hydrogen-bond donors (Lipinski definition) is 1. The van der Waals surface area contributed by atoms with Crippen LogP contribution in [0.3, 0.4) is 0 Å². The van der Waals surface area contributed by atoms with Crippen molar-refractivity contribution in [2.75, 3.05) is 5.73 Å². The molecule has 0 spiro atoms. The Balaban J connectivity index is 2.02. The Morgan fingerprint density at radius 3 is 2.19 bits per heavy atom. The van der Waals surface area contributed by atoms with Crippen molar-refractivity contribution in [1.29, 1.82) is 0 Å². The zero-order valence-electron chi connectivity index (χ0n) is 12.2. The molecule has 2 N–H and O–H groups in total. The molecule has 3 heteroatoms. The first-order chi connectivity index (χ1) is 10.3. The molecule has 1 aromatic heterocycles. The highest BCUT2D eigenvalue weighted by molar-refractivity contribution is 5.76. The van der Waals surface area contributed by atoms with Gasteiger partial charge in [-0.05, 0) is 17.5 Å². The number of aryl methyl sites for hydroxylation is 1. The molecule has 3 aromatic rings. The summed E-state index contributed by atoms with van der Waals surface area (Å²) in [5.74, 6) is 0.738. The van der Waals surface area contributed by atoms with Gasteiger partial charge in [0.25, 0.3) is 0 Å². The topological polar surface area (TPSA) is 43.8 Å². The van der Waals surface area contributed by atoms with E-state index in [1.807, 2.05) is 41.1 Å². The molecule has 0 saturated carbocycles. The summed E-state index contributed by atoms with van der Waals surface area (Å²) < 4.78 is 1.90. The van der Waals surface area contributed by atoms with E-state index in [0.29, 0.717) is 6.54 Å². The zero-order chi connectivity index (χ0) is 14.7. The van der Waals surface area contributed by atoms with E-state index in [0.717, 1.165) is 29.1 Å². The van der Waals surface area contributed by atoms with Crippen molar-refractivity contribution < 1.29 is 0 Å². The van der Waals surface area contributed by atoms with Crippen LogP contribution in [0.5, 0.6) is 0 Å². The zero-order valence-corrected chi connectivity index (χ0v) is 12.2. The van der Waals surface area contributed by atoms with Crippen LogP contribution in [-0.2, 0) is 13.0 Å². The van der Waals surface area contributed by atoms with E-state index in [1.54, 1.807) is 0 Å². The molecule has 106 valence electrons. The Kier molecular flexibility index (Phi) is 3.73. The van der Waals surface area contributed by atoms with Crippen molar-refractivity contribution in [2.24, 2.45) is 0 Å². The Labute approximate surface area is 125 Å². The summed E-state index contributed by atoms with van der Waals surface area (Å²) in [6.07, 6.45) is 0.871. The maximum absolute atomic E-state index is 6.36. The molecule has 0 aliphatic rings. The van der Waals surface area contributed by atoms with E-state index < -0.39 is 0 Å². The highest BCUT2D eigenvalue weighted by atomic mass is 15.3. The molecule has 0 aliphatic heterocycles.